The predicted octanol–water partition coefficient (Wildman–Crippen LogP) is 2.59. The van der Waals surface area contributed by atoms with E-state index < -0.39 is 7.05 Å². The Hall–Kier alpha value is -0.975. The van der Waals surface area contributed by atoms with Gasteiger partial charge in [-0.15, -0.1) is 11.8 Å². The maximum atomic E-state index is 12.7. The molecule has 1 amide bonds. The van der Waals surface area contributed by atoms with Crippen molar-refractivity contribution < 1.29 is 9.82 Å². The second-order valence-electron chi connectivity index (χ2n) is 6.90. The molecular weight excluding hydrogens is 319 g/mol. The number of thioether (sulfide) groups is 1. The van der Waals surface area contributed by atoms with Gasteiger partial charge in [0, 0.05) is 29.2 Å². The fraction of sp³-hybridized carbons (Fsp3) is 0.611. The van der Waals surface area contributed by atoms with E-state index in [1.54, 1.807) is 6.82 Å². The van der Waals surface area contributed by atoms with E-state index in [2.05, 4.69) is 29.2 Å². The summed E-state index contributed by atoms with van der Waals surface area (Å²) >= 11 is 1.94. The lowest BCUT2D eigenvalue weighted by molar-refractivity contribution is -0.137. The van der Waals surface area contributed by atoms with Crippen LogP contribution in [-0.4, -0.2) is 59.1 Å². The molecule has 0 unspecified atom stereocenters. The van der Waals surface area contributed by atoms with Gasteiger partial charge in [-0.1, -0.05) is 18.2 Å². The van der Waals surface area contributed by atoms with E-state index in [0.717, 1.165) is 51.9 Å². The minimum absolute atomic E-state index is 0.151. The number of benzene rings is 1. The van der Waals surface area contributed by atoms with Crippen LogP contribution in [0.25, 0.3) is 0 Å². The number of nitrogens with zero attached hydrogens (tertiary/aromatic N) is 2. The van der Waals surface area contributed by atoms with Gasteiger partial charge in [-0.05, 0) is 57.7 Å². The zero-order valence-electron chi connectivity index (χ0n) is 14.4. The molecule has 24 heavy (non-hydrogen) atoms. The molecule has 2 aliphatic heterocycles. The number of hydrogen-bond acceptors (Lipinski definition) is 4. The fourth-order valence-electron chi connectivity index (χ4n) is 3.66. The Kier molecular flexibility index (Phi) is 6.25. The molecular formula is C18H27BN2O2S. The van der Waals surface area contributed by atoms with Crippen LogP contribution in [0.1, 0.15) is 25.7 Å². The molecule has 0 aromatic heterocycles. The summed E-state index contributed by atoms with van der Waals surface area (Å²) in [5, 5.41) is 10.2. The lowest BCUT2D eigenvalue weighted by Gasteiger charge is -2.37. The van der Waals surface area contributed by atoms with Gasteiger partial charge < -0.3 is 14.7 Å². The highest BCUT2D eigenvalue weighted by Crippen LogP contribution is 2.31. The SMILES string of the molecule is CB(O)N1CCC(C(=O)N2CCC(Sc3ccccc3)CC2)CC1. The molecule has 0 radical (unpaired) electrons. The first-order chi connectivity index (χ1) is 11.6. The van der Waals surface area contributed by atoms with Gasteiger partial charge in [0.25, 0.3) is 0 Å². The first-order valence-electron chi connectivity index (χ1n) is 9.06. The van der Waals surface area contributed by atoms with Gasteiger partial charge in [0.1, 0.15) is 0 Å². The maximum absolute atomic E-state index is 12.7. The Morgan fingerprint density at radius 1 is 1.08 bits per heavy atom. The van der Waals surface area contributed by atoms with Crippen molar-refractivity contribution in [3.63, 3.8) is 0 Å². The Bertz CT molecular complexity index is 527. The first-order valence-corrected chi connectivity index (χ1v) is 9.94. The van der Waals surface area contributed by atoms with Gasteiger partial charge in [0.05, 0.1) is 0 Å². The maximum Gasteiger partial charge on any atom is 0.376 e. The molecule has 0 spiro atoms. The lowest BCUT2D eigenvalue weighted by atomic mass is 9.80. The number of likely N-dealkylation sites (tertiary alicyclic amines) is 1. The molecule has 130 valence electrons. The molecule has 0 atom stereocenters. The summed E-state index contributed by atoms with van der Waals surface area (Å²) < 4.78 is 0. The fourth-order valence-corrected chi connectivity index (χ4v) is 4.81. The van der Waals surface area contributed by atoms with E-state index in [1.807, 2.05) is 22.6 Å². The van der Waals surface area contributed by atoms with E-state index in [0.29, 0.717) is 11.2 Å². The molecule has 2 aliphatic rings. The third kappa shape index (κ3) is 4.55. The summed E-state index contributed by atoms with van der Waals surface area (Å²) in [6.07, 6.45) is 3.92. The highest BCUT2D eigenvalue weighted by molar-refractivity contribution is 8.00. The van der Waals surface area contributed by atoms with E-state index in [4.69, 9.17) is 0 Å². The standard InChI is InChI=1S/C18H27BN2O2S/c1-19(23)21-13-7-15(8-14-21)18(22)20-11-9-17(10-12-20)24-16-5-3-2-4-6-16/h2-6,15,17,23H,7-14H2,1H3. The van der Waals surface area contributed by atoms with Crippen LogP contribution in [0, 0.1) is 5.92 Å². The quantitative estimate of drug-likeness (QED) is 0.851. The highest BCUT2D eigenvalue weighted by atomic mass is 32.2. The molecule has 2 saturated heterocycles. The van der Waals surface area contributed by atoms with E-state index >= 15 is 0 Å². The van der Waals surface area contributed by atoms with Crippen LogP contribution in [0.2, 0.25) is 6.82 Å². The Morgan fingerprint density at radius 2 is 1.71 bits per heavy atom. The van der Waals surface area contributed by atoms with Crippen LogP contribution in [-0.2, 0) is 4.79 Å². The first kappa shape index (κ1) is 17.8. The van der Waals surface area contributed by atoms with Crippen LogP contribution in [0.15, 0.2) is 35.2 Å². The van der Waals surface area contributed by atoms with E-state index in [1.165, 1.54) is 4.90 Å². The van der Waals surface area contributed by atoms with Crippen LogP contribution in [0.5, 0.6) is 0 Å². The summed E-state index contributed by atoms with van der Waals surface area (Å²) in [5.74, 6) is 0.488. The van der Waals surface area contributed by atoms with Crippen molar-refractivity contribution in [1.82, 2.24) is 9.71 Å². The summed E-state index contributed by atoms with van der Waals surface area (Å²) in [6.45, 7) is 5.24. The van der Waals surface area contributed by atoms with Crippen LogP contribution in [0.4, 0.5) is 0 Å². The second-order valence-corrected chi connectivity index (χ2v) is 8.27. The number of amides is 1. The highest BCUT2D eigenvalue weighted by Gasteiger charge is 2.32. The van der Waals surface area contributed by atoms with E-state index in [9.17, 15) is 9.82 Å². The van der Waals surface area contributed by atoms with Gasteiger partial charge in [-0.3, -0.25) is 4.79 Å². The molecule has 2 fully saturated rings. The second kappa shape index (κ2) is 8.41. The van der Waals surface area contributed by atoms with E-state index in [-0.39, 0.29) is 5.92 Å². The molecule has 4 nitrogen and oxygen atoms in total. The molecule has 6 heteroatoms. The Labute approximate surface area is 149 Å². The number of rotatable bonds is 4. The van der Waals surface area contributed by atoms with Gasteiger partial charge >= 0.3 is 7.05 Å². The van der Waals surface area contributed by atoms with Crippen molar-refractivity contribution >= 4 is 24.7 Å². The summed E-state index contributed by atoms with van der Waals surface area (Å²) in [6, 6.07) is 10.5. The number of hydrogen-bond donors (Lipinski definition) is 1. The molecule has 2 heterocycles. The van der Waals surface area contributed by atoms with Gasteiger partial charge in [-0.2, -0.15) is 0 Å². The van der Waals surface area contributed by atoms with Crippen molar-refractivity contribution in [2.24, 2.45) is 5.92 Å². The number of piperidine rings is 2. The lowest BCUT2D eigenvalue weighted by Crippen LogP contribution is -2.48. The monoisotopic (exact) mass is 346 g/mol. The third-order valence-corrected chi connectivity index (χ3v) is 6.56. The Morgan fingerprint density at radius 3 is 2.29 bits per heavy atom. The average molecular weight is 346 g/mol. The van der Waals surface area contributed by atoms with Crippen molar-refractivity contribution in [3.05, 3.63) is 30.3 Å². The molecule has 0 bridgehead atoms. The summed E-state index contributed by atoms with van der Waals surface area (Å²) in [5.41, 5.74) is 0. The number of carbonyl (C=O) groups is 1. The van der Waals surface area contributed by atoms with Crippen molar-refractivity contribution in [2.45, 2.75) is 42.7 Å². The molecule has 1 aromatic carbocycles. The third-order valence-electron chi connectivity index (χ3n) is 5.21. The van der Waals surface area contributed by atoms with Gasteiger partial charge in [0.15, 0.2) is 0 Å². The zero-order chi connectivity index (χ0) is 16.9. The summed E-state index contributed by atoms with van der Waals surface area (Å²) in [7, 11) is -0.396. The van der Waals surface area contributed by atoms with Crippen molar-refractivity contribution in [2.75, 3.05) is 26.2 Å². The average Bonchev–Trinajstić information content (AvgIpc) is 2.63. The molecule has 0 saturated carbocycles. The largest absolute Gasteiger partial charge is 0.437 e. The van der Waals surface area contributed by atoms with Crippen LogP contribution >= 0.6 is 11.8 Å². The molecule has 1 aromatic rings. The molecule has 0 aliphatic carbocycles. The van der Waals surface area contributed by atoms with Gasteiger partial charge in [-0.25, -0.2) is 0 Å². The van der Waals surface area contributed by atoms with Crippen LogP contribution in [0.3, 0.4) is 0 Å². The van der Waals surface area contributed by atoms with Crippen LogP contribution < -0.4 is 0 Å². The number of carbonyl (C=O) groups excluding carboxylic acids is 1. The topological polar surface area (TPSA) is 43.8 Å². The summed E-state index contributed by atoms with van der Waals surface area (Å²) in [4.78, 5) is 18.2. The minimum atomic E-state index is -0.396. The van der Waals surface area contributed by atoms with Crippen molar-refractivity contribution in [1.29, 1.82) is 0 Å². The Balaban J connectivity index is 1.44. The smallest absolute Gasteiger partial charge is 0.376 e. The van der Waals surface area contributed by atoms with Gasteiger partial charge in [0.2, 0.25) is 5.91 Å². The zero-order valence-corrected chi connectivity index (χ0v) is 15.3. The normalized spacial score (nSPS) is 21.0. The molecule has 1 N–H and O–H groups in total. The minimum Gasteiger partial charge on any atom is -0.437 e. The predicted molar refractivity (Wildman–Crippen MR) is 100 cm³/mol. The van der Waals surface area contributed by atoms with Crippen molar-refractivity contribution in [3.8, 4) is 0 Å². The molecule has 3 rings (SSSR count).